The number of hydrogen-bond donors (Lipinski definition) is 0. The lowest BCUT2D eigenvalue weighted by Gasteiger charge is -2.26. The Morgan fingerprint density at radius 1 is 1.33 bits per heavy atom. The fraction of sp³-hybridized carbons (Fsp3) is 0.444. The maximum Gasteiger partial charge on any atom is 0.254 e. The van der Waals surface area contributed by atoms with Crippen LogP contribution in [0.3, 0.4) is 0 Å². The van der Waals surface area contributed by atoms with Crippen molar-refractivity contribution < 1.29 is 18.4 Å². The van der Waals surface area contributed by atoms with Crippen LogP contribution in [0.15, 0.2) is 28.8 Å². The van der Waals surface area contributed by atoms with Gasteiger partial charge in [-0.25, -0.2) is 4.39 Å². The van der Waals surface area contributed by atoms with Crippen LogP contribution in [0.5, 0.6) is 0 Å². The molecule has 5 nitrogen and oxygen atoms in total. The number of carbonyl (C=O) groups excluding carboxylic acids is 1. The van der Waals surface area contributed by atoms with Crippen molar-refractivity contribution in [3.8, 4) is 0 Å². The van der Waals surface area contributed by atoms with Crippen LogP contribution in [0.1, 0.15) is 40.2 Å². The number of rotatable bonds is 5. The Kier molecular flexibility index (Phi) is 4.06. The van der Waals surface area contributed by atoms with Crippen molar-refractivity contribution in [2.45, 2.75) is 32.4 Å². The Morgan fingerprint density at radius 3 is 2.88 bits per heavy atom. The highest BCUT2D eigenvalue weighted by molar-refractivity contribution is 5.94. The highest BCUT2D eigenvalue weighted by Crippen LogP contribution is 2.30. The van der Waals surface area contributed by atoms with E-state index in [1.165, 1.54) is 37.1 Å². The van der Waals surface area contributed by atoms with E-state index in [0.717, 1.165) is 23.6 Å². The molecule has 1 amide bonds. The number of hydrogen-bond acceptors (Lipinski definition) is 4. The summed E-state index contributed by atoms with van der Waals surface area (Å²) in [5.74, 6) is 1.08. The minimum Gasteiger partial charge on any atom is -0.375 e. The molecule has 1 aliphatic carbocycles. The Balaban J connectivity index is 1.44. The minimum absolute atomic E-state index is 0.105. The number of benzene rings is 1. The fourth-order valence-electron chi connectivity index (χ4n) is 2.93. The van der Waals surface area contributed by atoms with Crippen LogP contribution in [-0.2, 0) is 24.3 Å². The molecule has 2 aliphatic rings. The van der Waals surface area contributed by atoms with Crippen molar-refractivity contribution in [1.82, 2.24) is 10.1 Å². The van der Waals surface area contributed by atoms with E-state index in [1.54, 1.807) is 4.90 Å². The van der Waals surface area contributed by atoms with Crippen molar-refractivity contribution in [3.05, 3.63) is 52.7 Å². The molecule has 126 valence electrons. The van der Waals surface area contributed by atoms with Crippen LogP contribution < -0.4 is 0 Å². The molecule has 2 heterocycles. The van der Waals surface area contributed by atoms with Gasteiger partial charge in [-0.2, -0.15) is 0 Å². The molecular formula is C18H19FN2O3. The van der Waals surface area contributed by atoms with Crippen LogP contribution in [0.4, 0.5) is 4.39 Å². The highest BCUT2D eigenvalue weighted by Gasteiger charge is 2.28. The lowest BCUT2D eigenvalue weighted by atomic mass is 10.0. The zero-order valence-electron chi connectivity index (χ0n) is 13.3. The number of halogens is 1. The van der Waals surface area contributed by atoms with Crippen LogP contribution in [0, 0.1) is 11.7 Å². The van der Waals surface area contributed by atoms with Gasteiger partial charge in [0.1, 0.15) is 17.3 Å². The number of amides is 1. The van der Waals surface area contributed by atoms with Gasteiger partial charge in [0.25, 0.3) is 5.91 Å². The monoisotopic (exact) mass is 330 g/mol. The molecule has 1 saturated carbocycles. The number of fused-ring (bicyclic) bond motifs is 1. The average molecular weight is 330 g/mol. The summed E-state index contributed by atoms with van der Waals surface area (Å²) in [5.41, 5.74) is 2.22. The van der Waals surface area contributed by atoms with Crippen molar-refractivity contribution in [1.29, 1.82) is 0 Å². The first-order chi connectivity index (χ1) is 11.7. The highest BCUT2D eigenvalue weighted by atomic mass is 19.1. The van der Waals surface area contributed by atoms with E-state index in [-0.39, 0.29) is 11.7 Å². The van der Waals surface area contributed by atoms with Crippen LogP contribution >= 0.6 is 0 Å². The first kappa shape index (κ1) is 15.3. The lowest BCUT2D eigenvalue weighted by Crippen LogP contribution is -2.35. The van der Waals surface area contributed by atoms with E-state index in [9.17, 15) is 9.18 Å². The van der Waals surface area contributed by atoms with Crippen molar-refractivity contribution >= 4 is 5.91 Å². The van der Waals surface area contributed by atoms with E-state index in [0.29, 0.717) is 37.6 Å². The van der Waals surface area contributed by atoms with Gasteiger partial charge in [-0.3, -0.25) is 4.79 Å². The molecule has 1 aliphatic heterocycles. The summed E-state index contributed by atoms with van der Waals surface area (Å²) in [6, 6.07) is 5.64. The third-order valence-corrected chi connectivity index (χ3v) is 4.58. The predicted octanol–water partition coefficient (Wildman–Crippen LogP) is 2.94. The molecule has 2 aromatic rings. The summed E-state index contributed by atoms with van der Waals surface area (Å²) in [5, 5.41) is 4.11. The molecule has 1 fully saturated rings. The largest absolute Gasteiger partial charge is 0.375 e. The normalized spacial score (nSPS) is 17.0. The molecule has 0 N–H and O–H groups in total. The predicted molar refractivity (Wildman–Crippen MR) is 83.7 cm³/mol. The van der Waals surface area contributed by atoms with Gasteiger partial charge in [-0.1, -0.05) is 5.16 Å². The number of carbonyl (C=O) groups is 1. The van der Waals surface area contributed by atoms with E-state index < -0.39 is 0 Å². The zero-order valence-corrected chi connectivity index (χ0v) is 13.3. The van der Waals surface area contributed by atoms with Gasteiger partial charge in [0.15, 0.2) is 0 Å². The van der Waals surface area contributed by atoms with Gasteiger partial charge >= 0.3 is 0 Å². The van der Waals surface area contributed by atoms with Gasteiger partial charge < -0.3 is 14.2 Å². The summed E-state index contributed by atoms with van der Waals surface area (Å²) >= 11 is 0. The quantitative estimate of drug-likeness (QED) is 0.846. The van der Waals surface area contributed by atoms with E-state index >= 15 is 0 Å². The Bertz CT molecular complexity index is 737. The van der Waals surface area contributed by atoms with E-state index in [1.807, 2.05) is 0 Å². The first-order valence-corrected chi connectivity index (χ1v) is 8.29. The molecular weight excluding hydrogens is 311 g/mol. The summed E-state index contributed by atoms with van der Waals surface area (Å²) in [6.07, 6.45) is 3.13. The van der Waals surface area contributed by atoms with Gasteiger partial charge in [-0.15, -0.1) is 0 Å². The van der Waals surface area contributed by atoms with E-state index in [4.69, 9.17) is 9.26 Å². The Labute approximate surface area is 139 Å². The molecule has 1 aromatic carbocycles. The van der Waals surface area contributed by atoms with Crippen LogP contribution in [0.2, 0.25) is 0 Å². The van der Waals surface area contributed by atoms with Crippen LogP contribution in [0.25, 0.3) is 0 Å². The second-order valence-corrected chi connectivity index (χ2v) is 6.47. The average Bonchev–Trinajstić information content (AvgIpc) is 3.34. The number of ether oxygens (including phenoxy) is 1. The molecule has 0 spiro atoms. The maximum absolute atomic E-state index is 13.0. The lowest BCUT2D eigenvalue weighted by molar-refractivity contribution is 0.0726. The molecule has 24 heavy (non-hydrogen) atoms. The second kappa shape index (κ2) is 6.36. The Hall–Kier alpha value is -2.21. The SMILES string of the molecule is O=C(c1ccc(F)cc1)N1CCc2onc(COCC3CC3)c2C1. The minimum atomic E-state index is -0.346. The molecule has 0 unspecified atom stereocenters. The van der Waals surface area contributed by atoms with Gasteiger partial charge in [0, 0.05) is 30.7 Å². The topological polar surface area (TPSA) is 55.6 Å². The first-order valence-electron chi connectivity index (χ1n) is 8.29. The summed E-state index contributed by atoms with van der Waals surface area (Å²) < 4.78 is 24.1. The maximum atomic E-state index is 13.0. The third-order valence-electron chi connectivity index (χ3n) is 4.58. The van der Waals surface area contributed by atoms with Crippen LogP contribution in [-0.4, -0.2) is 29.1 Å². The molecule has 0 atom stereocenters. The van der Waals surface area contributed by atoms with Gasteiger partial charge in [-0.05, 0) is 43.0 Å². The Morgan fingerprint density at radius 2 is 2.12 bits per heavy atom. The van der Waals surface area contributed by atoms with Crippen molar-refractivity contribution in [3.63, 3.8) is 0 Å². The zero-order chi connectivity index (χ0) is 16.5. The van der Waals surface area contributed by atoms with Crippen molar-refractivity contribution in [2.24, 2.45) is 5.92 Å². The summed E-state index contributed by atoms with van der Waals surface area (Å²) in [4.78, 5) is 14.3. The summed E-state index contributed by atoms with van der Waals surface area (Å²) in [7, 11) is 0. The molecule has 4 rings (SSSR count). The number of nitrogens with zero attached hydrogens (tertiary/aromatic N) is 2. The second-order valence-electron chi connectivity index (χ2n) is 6.47. The molecule has 0 bridgehead atoms. The van der Waals surface area contributed by atoms with Crippen molar-refractivity contribution in [2.75, 3.05) is 13.2 Å². The third kappa shape index (κ3) is 3.19. The molecule has 0 saturated heterocycles. The summed E-state index contributed by atoms with van der Waals surface area (Å²) in [6.45, 7) is 2.21. The van der Waals surface area contributed by atoms with Gasteiger partial charge in [0.2, 0.25) is 0 Å². The molecule has 0 radical (unpaired) electrons. The standard InChI is InChI=1S/C18H19FN2O3/c19-14-5-3-13(4-6-14)18(22)21-8-7-17-15(9-21)16(20-24-17)11-23-10-12-1-2-12/h3-6,12H,1-2,7-11H2. The van der Waals surface area contributed by atoms with Gasteiger partial charge in [0.05, 0.1) is 13.2 Å². The fourth-order valence-corrected chi connectivity index (χ4v) is 2.93. The van der Waals surface area contributed by atoms with E-state index in [2.05, 4.69) is 5.16 Å². The smallest absolute Gasteiger partial charge is 0.254 e. The molecule has 1 aromatic heterocycles. The molecule has 6 heteroatoms. The number of aromatic nitrogens is 1.